The van der Waals surface area contributed by atoms with Crippen molar-refractivity contribution in [1.29, 1.82) is 0 Å². The lowest BCUT2D eigenvalue weighted by atomic mass is 10.3. The van der Waals surface area contributed by atoms with E-state index in [-0.39, 0.29) is 5.84 Å². The first kappa shape index (κ1) is 9.72. The summed E-state index contributed by atoms with van der Waals surface area (Å²) in [7, 11) is 0. The number of nitrogens with one attached hydrogen (secondary N) is 1. The summed E-state index contributed by atoms with van der Waals surface area (Å²) in [6, 6.07) is 7.78. The highest BCUT2D eigenvalue weighted by atomic mass is 32.1. The molecule has 15 heavy (non-hydrogen) atoms. The fourth-order valence-electron chi connectivity index (χ4n) is 1.07. The van der Waals surface area contributed by atoms with Gasteiger partial charge in [0.1, 0.15) is 0 Å². The van der Waals surface area contributed by atoms with Crippen LogP contribution >= 0.6 is 11.3 Å². The molecule has 1 heterocycles. The molecule has 0 fully saturated rings. The molecule has 1 aromatic carbocycles. The minimum absolute atomic E-state index is 0.147. The van der Waals surface area contributed by atoms with Gasteiger partial charge in [0.25, 0.3) is 0 Å². The van der Waals surface area contributed by atoms with Crippen LogP contribution in [0.25, 0.3) is 10.2 Å². The van der Waals surface area contributed by atoms with Crippen LogP contribution in [0.3, 0.4) is 0 Å². The Morgan fingerprint density at radius 1 is 1.47 bits per heavy atom. The molecule has 0 saturated carbocycles. The zero-order valence-corrected chi connectivity index (χ0v) is 8.78. The molecule has 0 aliphatic rings. The Morgan fingerprint density at radius 2 is 2.27 bits per heavy atom. The molecular weight excluding hydrogens is 212 g/mol. The summed E-state index contributed by atoms with van der Waals surface area (Å²) >= 11 is 1.48. The zero-order chi connectivity index (χ0) is 10.7. The molecular formula is C9H8N4OS. The van der Waals surface area contributed by atoms with E-state index in [1.165, 1.54) is 18.3 Å². The van der Waals surface area contributed by atoms with Gasteiger partial charge in [0.2, 0.25) is 5.13 Å². The second-order valence-corrected chi connectivity index (χ2v) is 3.88. The van der Waals surface area contributed by atoms with E-state index in [2.05, 4.69) is 20.7 Å². The summed E-state index contributed by atoms with van der Waals surface area (Å²) in [6.45, 7) is 1.52. The van der Waals surface area contributed by atoms with Crippen LogP contribution in [0.5, 0.6) is 0 Å². The zero-order valence-electron chi connectivity index (χ0n) is 7.97. The van der Waals surface area contributed by atoms with Gasteiger partial charge in [0.05, 0.1) is 10.2 Å². The number of aromatic nitrogens is 1. The highest BCUT2D eigenvalue weighted by Crippen LogP contribution is 2.25. The maximum atomic E-state index is 10.1. The van der Waals surface area contributed by atoms with E-state index >= 15 is 0 Å². The average Bonchev–Trinajstić information content (AvgIpc) is 2.68. The van der Waals surface area contributed by atoms with Crippen molar-refractivity contribution < 1.29 is 0 Å². The van der Waals surface area contributed by atoms with Crippen molar-refractivity contribution in [3.8, 4) is 0 Å². The molecule has 5 nitrogen and oxygen atoms in total. The number of para-hydroxylation sites is 1. The Hall–Kier alpha value is -1.82. The molecule has 0 bridgehead atoms. The van der Waals surface area contributed by atoms with Gasteiger partial charge in [0, 0.05) is 6.92 Å². The number of rotatable bonds is 2. The van der Waals surface area contributed by atoms with Crippen molar-refractivity contribution in [1.82, 2.24) is 4.98 Å². The van der Waals surface area contributed by atoms with Gasteiger partial charge in [-0.15, -0.1) is 4.91 Å². The number of hydrogen-bond acceptors (Lipinski definition) is 5. The normalized spacial score (nSPS) is 11.7. The Bertz CT molecular complexity index is 487. The first-order chi connectivity index (χ1) is 7.29. The highest BCUT2D eigenvalue weighted by molar-refractivity contribution is 7.22. The molecule has 0 aliphatic carbocycles. The standard InChI is InChI=1S/C9H8N4OS/c1-6(13-14)11-12-9-10-7-4-2-3-5-8(7)15-9/h2-5H,1H3,(H,10,12)/b11-6-. The quantitative estimate of drug-likeness (QED) is 0.366. The number of hydrogen-bond donors (Lipinski definition) is 1. The molecule has 0 radical (unpaired) electrons. The van der Waals surface area contributed by atoms with Crippen LogP contribution in [0.1, 0.15) is 6.92 Å². The molecule has 0 aliphatic heterocycles. The van der Waals surface area contributed by atoms with Gasteiger partial charge in [-0.1, -0.05) is 23.5 Å². The molecule has 2 rings (SSSR count). The Kier molecular flexibility index (Phi) is 2.68. The van der Waals surface area contributed by atoms with Crippen LogP contribution in [-0.4, -0.2) is 10.8 Å². The van der Waals surface area contributed by atoms with Crippen LogP contribution in [0.2, 0.25) is 0 Å². The molecule has 0 saturated heterocycles. The Morgan fingerprint density at radius 3 is 3.00 bits per heavy atom. The van der Waals surface area contributed by atoms with E-state index in [0.29, 0.717) is 5.13 Å². The van der Waals surface area contributed by atoms with Crippen LogP contribution in [0.4, 0.5) is 5.13 Å². The number of thiazole rings is 1. The topological polar surface area (TPSA) is 66.7 Å². The smallest absolute Gasteiger partial charge is 0.204 e. The molecule has 76 valence electrons. The van der Waals surface area contributed by atoms with Gasteiger partial charge in [-0.2, -0.15) is 5.10 Å². The third-order valence-electron chi connectivity index (χ3n) is 1.74. The maximum Gasteiger partial charge on any atom is 0.204 e. The van der Waals surface area contributed by atoms with Crippen molar-refractivity contribution in [3.05, 3.63) is 29.2 Å². The molecule has 0 atom stereocenters. The van der Waals surface area contributed by atoms with Gasteiger partial charge in [-0.25, -0.2) is 4.98 Å². The number of nitrogens with zero attached hydrogens (tertiary/aromatic N) is 3. The van der Waals surface area contributed by atoms with E-state index in [1.807, 2.05) is 24.3 Å². The fraction of sp³-hybridized carbons (Fsp3) is 0.111. The molecule has 0 spiro atoms. The minimum Gasteiger partial charge on any atom is -0.251 e. The summed E-state index contributed by atoms with van der Waals surface area (Å²) in [5.74, 6) is 0.147. The minimum atomic E-state index is 0.147. The lowest BCUT2D eigenvalue weighted by molar-refractivity contribution is 1.27. The Labute approximate surface area is 89.8 Å². The van der Waals surface area contributed by atoms with Gasteiger partial charge in [-0.05, 0) is 17.3 Å². The van der Waals surface area contributed by atoms with Crippen LogP contribution < -0.4 is 5.43 Å². The van der Waals surface area contributed by atoms with Crippen molar-refractivity contribution in [2.45, 2.75) is 6.92 Å². The monoisotopic (exact) mass is 220 g/mol. The number of anilines is 1. The van der Waals surface area contributed by atoms with Crippen LogP contribution in [-0.2, 0) is 0 Å². The second-order valence-electron chi connectivity index (χ2n) is 2.85. The van der Waals surface area contributed by atoms with Crippen molar-refractivity contribution >= 4 is 32.5 Å². The third-order valence-corrected chi connectivity index (χ3v) is 2.68. The molecule has 0 unspecified atom stereocenters. The summed E-state index contributed by atoms with van der Waals surface area (Å²) < 4.78 is 1.08. The van der Waals surface area contributed by atoms with Crippen molar-refractivity contribution in [2.75, 3.05) is 5.43 Å². The van der Waals surface area contributed by atoms with E-state index in [1.54, 1.807) is 0 Å². The molecule has 0 amide bonds. The first-order valence-corrected chi connectivity index (χ1v) is 5.10. The van der Waals surface area contributed by atoms with E-state index < -0.39 is 0 Å². The third kappa shape index (κ3) is 2.16. The highest BCUT2D eigenvalue weighted by Gasteiger charge is 2.01. The number of nitroso groups, excluding NO2 is 1. The number of fused-ring (bicyclic) bond motifs is 1. The van der Waals surface area contributed by atoms with E-state index in [0.717, 1.165) is 10.2 Å². The summed E-state index contributed by atoms with van der Waals surface area (Å²) in [5.41, 5.74) is 3.60. The van der Waals surface area contributed by atoms with Gasteiger partial charge < -0.3 is 0 Å². The van der Waals surface area contributed by atoms with Crippen LogP contribution in [0, 0.1) is 4.91 Å². The summed E-state index contributed by atoms with van der Waals surface area (Å²) in [4.78, 5) is 14.3. The lowest BCUT2D eigenvalue weighted by Crippen LogP contribution is -1.92. The average molecular weight is 220 g/mol. The number of hydrazone groups is 1. The predicted molar refractivity (Wildman–Crippen MR) is 62.1 cm³/mol. The molecule has 1 aromatic heterocycles. The SMILES string of the molecule is C/C(N=O)=N/Nc1nc2ccccc2s1. The van der Waals surface area contributed by atoms with E-state index in [4.69, 9.17) is 0 Å². The summed E-state index contributed by atoms with van der Waals surface area (Å²) in [5, 5.41) is 7.07. The van der Waals surface area contributed by atoms with Gasteiger partial charge >= 0.3 is 0 Å². The van der Waals surface area contributed by atoms with Crippen molar-refractivity contribution in [3.63, 3.8) is 0 Å². The first-order valence-electron chi connectivity index (χ1n) is 4.29. The molecule has 1 N–H and O–H groups in total. The lowest BCUT2D eigenvalue weighted by Gasteiger charge is -1.90. The largest absolute Gasteiger partial charge is 0.251 e. The fourth-order valence-corrected chi connectivity index (χ4v) is 1.88. The van der Waals surface area contributed by atoms with Crippen LogP contribution in [0.15, 0.2) is 34.5 Å². The van der Waals surface area contributed by atoms with Crippen molar-refractivity contribution in [2.24, 2.45) is 10.3 Å². The van der Waals surface area contributed by atoms with E-state index in [9.17, 15) is 4.91 Å². The number of benzene rings is 1. The van der Waals surface area contributed by atoms with Gasteiger partial charge in [-0.3, -0.25) is 5.43 Å². The number of amidine groups is 1. The van der Waals surface area contributed by atoms with Gasteiger partial charge in [0.15, 0.2) is 5.84 Å². The second kappa shape index (κ2) is 4.14. The molecule has 6 heteroatoms. The molecule has 2 aromatic rings. The Balaban J connectivity index is 2.26. The predicted octanol–water partition coefficient (Wildman–Crippen LogP) is 2.81. The summed E-state index contributed by atoms with van der Waals surface area (Å²) in [6.07, 6.45) is 0. The maximum absolute atomic E-state index is 10.1.